The molecular weight excluding hydrogens is 444 g/mol. The van der Waals surface area contributed by atoms with E-state index in [-0.39, 0.29) is 12.2 Å². The Kier molecular flexibility index (Phi) is 6.53. The Hall–Kier alpha value is -3.23. The number of rotatable bonds is 7. The zero-order valence-electron chi connectivity index (χ0n) is 17.7. The molecule has 0 fully saturated rings. The van der Waals surface area contributed by atoms with Crippen LogP contribution in [0.4, 0.5) is 0 Å². The van der Waals surface area contributed by atoms with Gasteiger partial charge in [-0.2, -0.15) is 0 Å². The number of carbonyl (C=O) groups excluding carboxylic acids is 1. The number of fused-ring (bicyclic) bond motifs is 1. The van der Waals surface area contributed by atoms with E-state index in [1.165, 1.54) is 11.3 Å². The van der Waals surface area contributed by atoms with Gasteiger partial charge in [-0.15, -0.1) is 11.3 Å². The summed E-state index contributed by atoms with van der Waals surface area (Å²) in [5.74, 6) is 0.204. The Balaban J connectivity index is 1.88. The highest BCUT2D eigenvalue weighted by Crippen LogP contribution is 2.31. The minimum absolute atomic E-state index is 0.187. The average Bonchev–Trinajstić information content (AvgIpc) is 3.40. The van der Waals surface area contributed by atoms with Crippen molar-refractivity contribution in [3.8, 4) is 5.75 Å². The van der Waals surface area contributed by atoms with Crippen LogP contribution in [0.1, 0.15) is 30.3 Å². The van der Waals surface area contributed by atoms with Gasteiger partial charge in [0.1, 0.15) is 12.4 Å². The van der Waals surface area contributed by atoms with E-state index in [2.05, 4.69) is 11.6 Å². The van der Waals surface area contributed by atoms with Crippen LogP contribution in [0.25, 0.3) is 6.08 Å². The third-order valence-corrected chi connectivity index (χ3v) is 6.70. The number of hydrogen-bond acceptors (Lipinski definition) is 7. The maximum Gasteiger partial charge on any atom is 0.338 e. The van der Waals surface area contributed by atoms with E-state index in [0.717, 1.165) is 10.4 Å². The molecule has 2 aromatic heterocycles. The van der Waals surface area contributed by atoms with Crippen molar-refractivity contribution in [1.82, 2.24) is 4.57 Å². The second-order valence-electron chi connectivity index (χ2n) is 6.99. The molecule has 3 heterocycles. The molecule has 0 amide bonds. The smallest absolute Gasteiger partial charge is 0.338 e. The highest BCUT2D eigenvalue weighted by molar-refractivity contribution is 7.11. The van der Waals surface area contributed by atoms with E-state index in [0.29, 0.717) is 33.0 Å². The lowest BCUT2D eigenvalue weighted by molar-refractivity contribution is -0.139. The minimum Gasteiger partial charge on any atom is -0.490 e. The molecule has 0 saturated heterocycles. The van der Waals surface area contributed by atoms with Gasteiger partial charge in [-0.25, -0.2) is 9.79 Å². The van der Waals surface area contributed by atoms with Gasteiger partial charge in [0.15, 0.2) is 4.80 Å². The van der Waals surface area contributed by atoms with Gasteiger partial charge in [0.05, 0.1) is 28.5 Å². The van der Waals surface area contributed by atoms with Crippen LogP contribution in [-0.2, 0) is 9.53 Å². The molecule has 6 nitrogen and oxygen atoms in total. The molecule has 164 valence electrons. The summed E-state index contributed by atoms with van der Waals surface area (Å²) in [4.78, 5) is 32.5. The van der Waals surface area contributed by atoms with Gasteiger partial charge in [0.25, 0.3) is 5.56 Å². The van der Waals surface area contributed by atoms with Crippen molar-refractivity contribution >= 4 is 34.7 Å². The highest BCUT2D eigenvalue weighted by atomic mass is 32.1. The summed E-state index contributed by atoms with van der Waals surface area (Å²) in [6, 6.07) is 10.6. The van der Waals surface area contributed by atoms with Crippen LogP contribution in [0.15, 0.2) is 75.5 Å². The zero-order valence-corrected chi connectivity index (χ0v) is 19.4. The minimum atomic E-state index is -0.635. The topological polar surface area (TPSA) is 69.9 Å². The monoisotopic (exact) mass is 466 g/mol. The summed E-state index contributed by atoms with van der Waals surface area (Å²) in [6.45, 7) is 7.81. The molecule has 8 heteroatoms. The van der Waals surface area contributed by atoms with Crippen molar-refractivity contribution in [3.05, 3.63) is 95.8 Å². The van der Waals surface area contributed by atoms with Crippen LogP contribution < -0.4 is 19.6 Å². The van der Waals surface area contributed by atoms with Gasteiger partial charge in [0.2, 0.25) is 0 Å². The van der Waals surface area contributed by atoms with Crippen LogP contribution in [0.2, 0.25) is 0 Å². The number of aromatic nitrogens is 1. The number of benzene rings is 1. The summed E-state index contributed by atoms with van der Waals surface area (Å²) in [5.41, 5.74) is 1.50. The maximum atomic E-state index is 13.4. The molecule has 32 heavy (non-hydrogen) atoms. The molecule has 4 rings (SSSR count). The number of esters is 1. The molecule has 1 aromatic carbocycles. The summed E-state index contributed by atoms with van der Waals surface area (Å²) in [7, 11) is 0. The summed E-state index contributed by atoms with van der Waals surface area (Å²) < 4.78 is 13.0. The molecule has 1 atom stereocenters. The second kappa shape index (κ2) is 9.50. The number of ether oxygens (including phenoxy) is 2. The first-order valence-electron chi connectivity index (χ1n) is 10.1. The number of carbonyl (C=O) groups is 1. The maximum absolute atomic E-state index is 13.4. The van der Waals surface area contributed by atoms with Crippen LogP contribution in [0.3, 0.4) is 0 Å². The average molecular weight is 467 g/mol. The lowest BCUT2D eigenvalue weighted by Crippen LogP contribution is -2.39. The summed E-state index contributed by atoms with van der Waals surface area (Å²) >= 11 is 2.87. The molecule has 0 aliphatic carbocycles. The van der Waals surface area contributed by atoms with Crippen LogP contribution in [0.5, 0.6) is 5.75 Å². The van der Waals surface area contributed by atoms with E-state index in [1.54, 1.807) is 35.8 Å². The first kappa shape index (κ1) is 22.0. The molecule has 0 radical (unpaired) electrons. The Morgan fingerprint density at radius 3 is 2.72 bits per heavy atom. The van der Waals surface area contributed by atoms with Crippen molar-refractivity contribution in [2.75, 3.05) is 13.2 Å². The number of allylic oxidation sites excluding steroid dienone is 1. The van der Waals surface area contributed by atoms with Gasteiger partial charge in [-0.3, -0.25) is 9.36 Å². The third-order valence-electron chi connectivity index (χ3n) is 4.90. The van der Waals surface area contributed by atoms with E-state index < -0.39 is 12.0 Å². The molecule has 1 aliphatic rings. The lowest BCUT2D eigenvalue weighted by Gasteiger charge is -2.24. The molecule has 0 saturated carbocycles. The Morgan fingerprint density at radius 1 is 1.28 bits per heavy atom. The van der Waals surface area contributed by atoms with Crippen molar-refractivity contribution in [2.45, 2.75) is 19.9 Å². The molecule has 0 N–H and O–H groups in total. The fourth-order valence-corrected chi connectivity index (χ4v) is 5.28. The largest absolute Gasteiger partial charge is 0.490 e. The number of thiophene rings is 1. The van der Waals surface area contributed by atoms with Crippen LogP contribution in [0, 0.1) is 0 Å². The Bertz CT molecular complexity index is 1350. The lowest BCUT2D eigenvalue weighted by atomic mass is 9.96. The van der Waals surface area contributed by atoms with Crippen LogP contribution >= 0.6 is 22.7 Å². The van der Waals surface area contributed by atoms with Gasteiger partial charge in [0, 0.05) is 4.88 Å². The molecular formula is C24H22N2O4S2. The Morgan fingerprint density at radius 2 is 2.06 bits per heavy atom. The SMILES string of the molecule is C=CCOc1ccc([C@@H]2C(C(=O)OCC)=C(C)N=c3s/c(=C\c4cccs4)c(=O)n32)cc1. The van der Waals surface area contributed by atoms with E-state index in [9.17, 15) is 9.59 Å². The molecule has 3 aromatic rings. The predicted octanol–water partition coefficient (Wildman–Crippen LogP) is 3.42. The predicted molar refractivity (Wildman–Crippen MR) is 127 cm³/mol. The fourth-order valence-electron chi connectivity index (χ4n) is 3.51. The standard InChI is InChI=1S/C24H22N2O4S2/c1-4-12-30-17-10-8-16(9-11-17)21-20(23(28)29-5-2)15(3)25-24-26(21)22(27)19(32-24)14-18-7-6-13-31-18/h4,6-11,13-14,21H,1,5,12H2,2-3H3/b19-14-/t21-/m1/s1. The quantitative estimate of drug-likeness (QED) is 0.395. The van der Waals surface area contributed by atoms with Gasteiger partial charge < -0.3 is 9.47 Å². The number of thiazole rings is 1. The van der Waals surface area contributed by atoms with E-state index in [1.807, 2.05) is 47.9 Å². The number of nitrogens with zero attached hydrogens (tertiary/aromatic N) is 2. The second-order valence-corrected chi connectivity index (χ2v) is 8.97. The molecule has 0 unspecified atom stereocenters. The fraction of sp³-hybridized carbons (Fsp3) is 0.208. The van der Waals surface area contributed by atoms with Crippen molar-refractivity contribution in [1.29, 1.82) is 0 Å². The number of hydrogen-bond donors (Lipinski definition) is 0. The molecule has 0 bridgehead atoms. The first-order valence-corrected chi connectivity index (χ1v) is 11.8. The summed E-state index contributed by atoms with van der Waals surface area (Å²) in [6.07, 6.45) is 3.53. The van der Waals surface area contributed by atoms with Gasteiger partial charge >= 0.3 is 5.97 Å². The van der Waals surface area contributed by atoms with Gasteiger partial charge in [-0.05, 0) is 49.1 Å². The van der Waals surface area contributed by atoms with Crippen molar-refractivity contribution < 1.29 is 14.3 Å². The van der Waals surface area contributed by atoms with Crippen LogP contribution in [-0.4, -0.2) is 23.8 Å². The molecule has 0 spiro atoms. The van der Waals surface area contributed by atoms with E-state index >= 15 is 0 Å². The third kappa shape index (κ3) is 4.24. The zero-order chi connectivity index (χ0) is 22.7. The first-order chi connectivity index (χ1) is 15.5. The summed E-state index contributed by atoms with van der Waals surface area (Å²) in [5, 5.41) is 1.96. The highest BCUT2D eigenvalue weighted by Gasteiger charge is 2.33. The van der Waals surface area contributed by atoms with E-state index in [4.69, 9.17) is 9.47 Å². The Labute approximate surface area is 193 Å². The normalized spacial score (nSPS) is 15.8. The van der Waals surface area contributed by atoms with Crippen molar-refractivity contribution in [2.24, 2.45) is 4.99 Å². The van der Waals surface area contributed by atoms with Gasteiger partial charge in [-0.1, -0.05) is 42.2 Å². The molecule has 1 aliphatic heterocycles. The van der Waals surface area contributed by atoms with Crippen molar-refractivity contribution in [3.63, 3.8) is 0 Å².